The number of esters is 1. The molecule has 1 aromatic rings. The Morgan fingerprint density at radius 2 is 1.90 bits per heavy atom. The maximum Gasteiger partial charge on any atom is 0.306 e. The van der Waals surface area contributed by atoms with Crippen LogP contribution >= 0.6 is 0 Å². The van der Waals surface area contributed by atoms with E-state index in [1.54, 1.807) is 0 Å². The van der Waals surface area contributed by atoms with Crippen LogP contribution in [0.3, 0.4) is 0 Å². The Morgan fingerprint density at radius 1 is 1.06 bits per heavy atom. The fourth-order valence-electron chi connectivity index (χ4n) is 7.99. The molecule has 164 valence electrons. The van der Waals surface area contributed by atoms with Crippen molar-refractivity contribution in [2.75, 3.05) is 0 Å². The number of carbonyl (C=O) groups is 2. The first-order valence-corrected chi connectivity index (χ1v) is 12.0. The highest BCUT2D eigenvalue weighted by Crippen LogP contribution is 2.69. The van der Waals surface area contributed by atoms with Crippen LogP contribution in [0.2, 0.25) is 0 Å². The number of fused-ring (bicyclic) bond motifs is 6. The second kappa shape index (κ2) is 6.24. The third-order valence-electron chi connectivity index (χ3n) is 9.79. The molecule has 0 amide bonds. The Kier molecular flexibility index (Phi) is 3.94. The van der Waals surface area contributed by atoms with Gasteiger partial charge in [0.1, 0.15) is 22.9 Å². The van der Waals surface area contributed by atoms with Crippen LogP contribution < -0.4 is 0 Å². The number of hydrogen-bond acceptors (Lipinski definition) is 4. The molecule has 6 rings (SSSR count). The summed E-state index contributed by atoms with van der Waals surface area (Å²) in [5, 5.41) is 0. The Bertz CT molecular complexity index is 1040. The normalized spacial score (nSPS) is 43.8. The molecule has 4 nitrogen and oxygen atoms in total. The predicted octanol–water partition coefficient (Wildman–Crippen LogP) is 5.81. The smallest absolute Gasteiger partial charge is 0.306 e. The summed E-state index contributed by atoms with van der Waals surface area (Å²) in [7, 11) is 0. The zero-order chi connectivity index (χ0) is 21.6. The largest absolute Gasteiger partial charge is 0.466 e. The number of furan rings is 1. The van der Waals surface area contributed by atoms with Crippen molar-refractivity contribution >= 4 is 11.8 Å². The number of aryl methyl sites for hydroxylation is 1. The molecule has 4 heteroatoms. The summed E-state index contributed by atoms with van der Waals surface area (Å²) in [6.45, 7) is 6.72. The van der Waals surface area contributed by atoms with Gasteiger partial charge in [0.15, 0.2) is 0 Å². The van der Waals surface area contributed by atoms with E-state index in [0.717, 1.165) is 43.6 Å². The lowest BCUT2D eigenvalue weighted by atomic mass is 9.49. The number of allylic oxidation sites excluding steroid dienone is 4. The first-order valence-electron chi connectivity index (χ1n) is 12.0. The van der Waals surface area contributed by atoms with Crippen LogP contribution in [0.1, 0.15) is 82.7 Å². The fraction of sp³-hybridized carbons (Fsp3) is 0.630. The van der Waals surface area contributed by atoms with E-state index in [0.29, 0.717) is 36.9 Å². The third kappa shape index (κ3) is 2.48. The molecule has 1 aliphatic heterocycles. The Hall–Kier alpha value is -2.10. The second-order valence-electron chi connectivity index (χ2n) is 11.1. The van der Waals surface area contributed by atoms with Gasteiger partial charge in [-0.25, -0.2) is 0 Å². The van der Waals surface area contributed by atoms with Crippen molar-refractivity contribution in [2.24, 2.45) is 22.7 Å². The molecule has 1 unspecified atom stereocenters. The lowest BCUT2D eigenvalue weighted by molar-refractivity contribution is -0.160. The zero-order valence-electron chi connectivity index (χ0n) is 18.8. The van der Waals surface area contributed by atoms with Crippen molar-refractivity contribution in [3.05, 3.63) is 47.0 Å². The number of Topliss-reactive ketones (excluding diaryl/α,β-unsaturated/α-hetero) is 1. The third-order valence-corrected chi connectivity index (χ3v) is 9.79. The molecule has 1 spiro atoms. The Morgan fingerprint density at radius 3 is 2.61 bits per heavy atom. The molecular weight excluding hydrogens is 388 g/mol. The summed E-state index contributed by atoms with van der Waals surface area (Å²) >= 11 is 0. The highest BCUT2D eigenvalue weighted by atomic mass is 16.6. The van der Waals surface area contributed by atoms with Crippen molar-refractivity contribution in [2.45, 2.75) is 83.7 Å². The molecule has 31 heavy (non-hydrogen) atoms. The molecule has 5 aliphatic rings. The van der Waals surface area contributed by atoms with Gasteiger partial charge in [-0.05, 0) is 63.0 Å². The summed E-state index contributed by atoms with van der Waals surface area (Å²) in [6.07, 6.45) is 11.4. The van der Waals surface area contributed by atoms with Gasteiger partial charge in [-0.15, -0.1) is 0 Å². The molecule has 1 saturated heterocycles. The van der Waals surface area contributed by atoms with Crippen LogP contribution in [0.4, 0.5) is 0 Å². The van der Waals surface area contributed by atoms with Crippen molar-refractivity contribution in [3.63, 3.8) is 0 Å². The summed E-state index contributed by atoms with van der Waals surface area (Å²) in [5.41, 5.74) is 2.42. The molecule has 4 aliphatic carbocycles. The van der Waals surface area contributed by atoms with Crippen LogP contribution in [-0.4, -0.2) is 17.4 Å². The number of carbonyl (C=O) groups excluding carboxylic acids is 2. The molecule has 0 aromatic carbocycles. The number of rotatable bonds is 1. The highest BCUT2D eigenvalue weighted by Gasteiger charge is 2.66. The quantitative estimate of drug-likeness (QED) is 0.425. The van der Waals surface area contributed by atoms with E-state index in [9.17, 15) is 9.59 Å². The number of ether oxygens (including phenoxy) is 1. The lowest BCUT2D eigenvalue weighted by Gasteiger charge is -2.56. The van der Waals surface area contributed by atoms with Gasteiger partial charge in [-0.1, -0.05) is 37.1 Å². The van der Waals surface area contributed by atoms with Crippen LogP contribution in [0.25, 0.3) is 0 Å². The first kappa shape index (κ1) is 19.6. The lowest BCUT2D eigenvalue weighted by Crippen LogP contribution is -2.51. The van der Waals surface area contributed by atoms with Crippen LogP contribution in [0.5, 0.6) is 0 Å². The van der Waals surface area contributed by atoms with Gasteiger partial charge in [0.25, 0.3) is 0 Å². The van der Waals surface area contributed by atoms with Crippen LogP contribution in [0.15, 0.2) is 39.8 Å². The molecule has 3 fully saturated rings. The fourth-order valence-corrected chi connectivity index (χ4v) is 7.99. The molecule has 6 atom stereocenters. The van der Waals surface area contributed by atoms with E-state index in [1.807, 2.05) is 13.0 Å². The summed E-state index contributed by atoms with van der Waals surface area (Å²) < 4.78 is 12.3. The minimum atomic E-state index is -0.312. The summed E-state index contributed by atoms with van der Waals surface area (Å²) in [5.74, 6) is 3.19. The summed E-state index contributed by atoms with van der Waals surface area (Å²) in [6, 6.07) is 4.17. The van der Waals surface area contributed by atoms with E-state index in [2.05, 4.69) is 32.1 Å². The van der Waals surface area contributed by atoms with E-state index >= 15 is 0 Å². The topological polar surface area (TPSA) is 56.5 Å². The standard InChI is InChI=1S/C27H32O4/c1-16-4-5-22(30-16)19-15-17-14-18(28)6-10-25(17,2)20-7-11-26(3)21(24(19)20)8-12-27(26)13-9-23(29)31-27/h4-5,7,15,19,21,24H,6,8-14H2,1-3H3/t19-,21-,24+,25-,26-,27?/m0/s1. The van der Waals surface area contributed by atoms with Gasteiger partial charge in [0.2, 0.25) is 0 Å². The minimum absolute atomic E-state index is 0.0276. The SMILES string of the molecule is Cc1ccc([C@@H]2C=C3CC(=O)CC[C@]3(C)C3=CC[C@@]4(C)[C@@H](CCC45CCC(=O)O5)[C@@H]32)o1. The maximum atomic E-state index is 12.4. The van der Waals surface area contributed by atoms with Crippen molar-refractivity contribution in [1.82, 2.24) is 0 Å². The molecule has 0 radical (unpaired) electrons. The molecular formula is C27H32O4. The van der Waals surface area contributed by atoms with Crippen LogP contribution in [-0.2, 0) is 14.3 Å². The number of hydrogen-bond donors (Lipinski definition) is 0. The Balaban J connectivity index is 1.51. The zero-order valence-corrected chi connectivity index (χ0v) is 18.8. The van der Waals surface area contributed by atoms with Crippen molar-refractivity contribution < 1.29 is 18.7 Å². The molecule has 0 bridgehead atoms. The molecule has 1 aromatic heterocycles. The average molecular weight is 421 g/mol. The second-order valence-corrected chi connectivity index (χ2v) is 11.1. The first-order chi connectivity index (χ1) is 14.8. The van der Waals surface area contributed by atoms with Gasteiger partial charge in [0.05, 0.1) is 0 Å². The van der Waals surface area contributed by atoms with E-state index in [-0.39, 0.29) is 28.3 Å². The molecule has 2 heterocycles. The summed E-state index contributed by atoms with van der Waals surface area (Å²) in [4.78, 5) is 24.5. The van der Waals surface area contributed by atoms with Gasteiger partial charge in [-0.3, -0.25) is 9.59 Å². The van der Waals surface area contributed by atoms with Gasteiger partial charge < -0.3 is 9.15 Å². The van der Waals surface area contributed by atoms with E-state index in [4.69, 9.17) is 9.15 Å². The molecule has 0 N–H and O–H groups in total. The van der Waals surface area contributed by atoms with Crippen LogP contribution in [0, 0.1) is 29.6 Å². The van der Waals surface area contributed by atoms with Gasteiger partial charge >= 0.3 is 5.97 Å². The maximum absolute atomic E-state index is 12.4. The number of ketones is 1. The van der Waals surface area contributed by atoms with E-state index < -0.39 is 0 Å². The molecule has 2 saturated carbocycles. The van der Waals surface area contributed by atoms with E-state index in [1.165, 1.54) is 11.1 Å². The monoisotopic (exact) mass is 420 g/mol. The predicted molar refractivity (Wildman–Crippen MR) is 116 cm³/mol. The van der Waals surface area contributed by atoms with Crippen molar-refractivity contribution in [1.29, 1.82) is 0 Å². The average Bonchev–Trinajstić information content (AvgIpc) is 3.41. The highest BCUT2D eigenvalue weighted by molar-refractivity contribution is 5.83. The van der Waals surface area contributed by atoms with Crippen molar-refractivity contribution in [3.8, 4) is 0 Å². The van der Waals surface area contributed by atoms with Gasteiger partial charge in [-0.2, -0.15) is 0 Å². The Labute approximate surface area is 184 Å². The van der Waals surface area contributed by atoms with Gasteiger partial charge in [0, 0.05) is 36.0 Å². The minimum Gasteiger partial charge on any atom is -0.466 e.